The van der Waals surface area contributed by atoms with Crippen molar-refractivity contribution < 1.29 is 38.8 Å². The van der Waals surface area contributed by atoms with E-state index in [0.717, 1.165) is 0 Å². The molecule has 0 bridgehead atoms. The Labute approximate surface area is 212 Å². The number of hydrazone groups is 1. The van der Waals surface area contributed by atoms with Crippen LogP contribution in [0.15, 0.2) is 58.8 Å². The second-order valence-electron chi connectivity index (χ2n) is 7.84. The van der Waals surface area contributed by atoms with E-state index >= 15 is 0 Å². The summed E-state index contributed by atoms with van der Waals surface area (Å²) in [6.45, 7) is 3.55. The molecule has 1 aliphatic rings. The first-order valence-electron chi connectivity index (χ1n) is 11.3. The van der Waals surface area contributed by atoms with Gasteiger partial charge in [0.1, 0.15) is 6.61 Å². The van der Waals surface area contributed by atoms with Gasteiger partial charge in [0.15, 0.2) is 17.7 Å². The van der Waals surface area contributed by atoms with Crippen molar-refractivity contribution in [3.63, 3.8) is 0 Å². The van der Waals surface area contributed by atoms with Gasteiger partial charge in [0, 0.05) is 5.70 Å². The standard InChI is InChI=1S/C25H28N4O8/c1-4-36-19-11-17(22-21(24(33)35-3)14(2)27-25(34)28-22)9-10-18(19)37-13-20(30)29-26-12-15-5-7-16(8-6-15)23(31)32/h5-12,20,22,29-30H,4,13H2,1-3H3,(H,31,32)(H2,27,28,34)/b26-12-/t20-,22-/m0/s1. The predicted molar refractivity (Wildman–Crippen MR) is 132 cm³/mol. The number of aromatic carboxylic acids is 1. The number of hydrogen-bond donors (Lipinski definition) is 5. The van der Waals surface area contributed by atoms with Gasteiger partial charge in [-0.05, 0) is 49.2 Å². The van der Waals surface area contributed by atoms with Gasteiger partial charge in [-0.1, -0.05) is 18.2 Å². The van der Waals surface area contributed by atoms with Gasteiger partial charge in [-0.25, -0.2) is 14.4 Å². The Morgan fingerprint density at radius 2 is 1.89 bits per heavy atom. The highest BCUT2D eigenvalue weighted by Crippen LogP contribution is 2.34. The number of aliphatic hydroxyl groups excluding tert-OH is 1. The molecule has 2 aromatic rings. The van der Waals surface area contributed by atoms with Gasteiger partial charge in [0.2, 0.25) is 0 Å². The monoisotopic (exact) mass is 512 g/mol. The van der Waals surface area contributed by atoms with Crippen LogP contribution >= 0.6 is 0 Å². The summed E-state index contributed by atoms with van der Waals surface area (Å²) in [6.07, 6.45) is 0.265. The third-order valence-corrected chi connectivity index (χ3v) is 5.27. The molecule has 2 amide bonds. The Balaban J connectivity index is 1.68. The van der Waals surface area contributed by atoms with Crippen LogP contribution in [0.25, 0.3) is 0 Å². The fraction of sp³-hybridized carbons (Fsp3) is 0.280. The Bertz CT molecular complexity index is 1210. The number of carboxylic acid groups (broad SMARTS) is 1. The molecule has 0 saturated heterocycles. The lowest BCUT2D eigenvalue weighted by Crippen LogP contribution is -2.45. The molecule has 0 aliphatic carbocycles. The maximum Gasteiger partial charge on any atom is 0.337 e. The average Bonchev–Trinajstić information content (AvgIpc) is 2.87. The van der Waals surface area contributed by atoms with Crippen molar-refractivity contribution >= 4 is 24.2 Å². The van der Waals surface area contributed by atoms with E-state index in [0.29, 0.717) is 34.9 Å². The molecule has 2 aromatic carbocycles. The maximum absolute atomic E-state index is 12.3. The highest BCUT2D eigenvalue weighted by atomic mass is 16.5. The first-order valence-corrected chi connectivity index (χ1v) is 11.3. The summed E-state index contributed by atoms with van der Waals surface area (Å²) in [4.78, 5) is 35.3. The molecule has 1 heterocycles. The van der Waals surface area contributed by atoms with Crippen molar-refractivity contribution in [2.24, 2.45) is 5.10 Å². The molecule has 2 atom stereocenters. The molecule has 0 fully saturated rings. The van der Waals surface area contributed by atoms with Crippen molar-refractivity contribution in [2.75, 3.05) is 20.3 Å². The molecular weight excluding hydrogens is 484 g/mol. The number of allylic oxidation sites excluding steroid dienone is 1. The number of hydrogen-bond acceptors (Lipinski definition) is 9. The van der Waals surface area contributed by atoms with Crippen molar-refractivity contribution in [1.29, 1.82) is 0 Å². The minimum absolute atomic E-state index is 0.157. The van der Waals surface area contributed by atoms with E-state index in [1.54, 1.807) is 44.2 Å². The number of urea groups is 1. The fourth-order valence-corrected chi connectivity index (χ4v) is 3.53. The third-order valence-electron chi connectivity index (χ3n) is 5.27. The normalized spacial score (nSPS) is 16.0. The second kappa shape index (κ2) is 12.4. The number of esters is 1. The number of nitrogens with one attached hydrogen (secondary N) is 3. The van der Waals surface area contributed by atoms with Crippen LogP contribution in [-0.2, 0) is 9.53 Å². The SMILES string of the molecule is CCOc1cc([C@@H]2NC(=O)NC(C)=C2C(=O)OC)ccc1OC[C@H](O)N/N=C\c1ccc(C(=O)O)cc1. The van der Waals surface area contributed by atoms with E-state index in [9.17, 15) is 19.5 Å². The van der Waals surface area contributed by atoms with Crippen LogP contribution in [0.3, 0.4) is 0 Å². The highest BCUT2D eigenvalue weighted by Gasteiger charge is 2.32. The molecule has 5 N–H and O–H groups in total. The summed E-state index contributed by atoms with van der Waals surface area (Å²) in [5, 5.41) is 28.3. The summed E-state index contributed by atoms with van der Waals surface area (Å²) in [6, 6.07) is 9.76. The van der Waals surface area contributed by atoms with E-state index < -0.39 is 30.2 Å². The zero-order valence-corrected chi connectivity index (χ0v) is 20.5. The number of carboxylic acids is 1. The van der Waals surface area contributed by atoms with Gasteiger partial charge in [-0.3, -0.25) is 5.43 Å². The molecule has 0 saturated carbocycles. The number of nitrogens with zero attached hydrogens (tertiary/aromatic N) is 1. The Hall–Kier alpha value is -4.58. The number of amides is 2. The van der Waals surface area contributed by atoms with E-state index in [1.807, 2.05) is 0 Å². The number of methoxy groups -OCH3 is 1. The topological polar surface area (TPSA) is 168 Å². The summed E-state index contributed by atoms with van der Waals surface area (Å²) in [7, 11) is 1.26. The van der Waals surface area contributed by atoms with Crippen LogP contribution in [0, 0.1) is 0 Å². The summed E-state index contributed by atoms with van der Waals surface area (Å²) in [5.41, 5.74) is 4.53. The van der Waals surface area contributed by atoms with Crippen LogP contribution in [0.4, 0.5) is 4.79 Å². The molecule has 12 heteroatoms. The van der Waals surface area contributed by atoms with Crippen molar-refractivity contribution in [2.45, 2.75) is 26.1 Å². The number of carbonyl (C=O) groups is 3. The summed E-state index contributed by atoms with van der Waals surface area (Å²) >= 11 is 0. The molecule has 0 radical (unpaired) electrons. The quantitative estimate of drug-likeness (QED) is 0.131. The summed E-state index contributed by atoms with van der Waals surface area (Å²) in [5.74, 6) is -0.922. The zero-order valence-electron chi connectivity index (χ0n) is 20.5. The lowest BCUT2D eigenvalue weighted by molar-refractivity contribution is -0.136. The fourth-order valence-electron chi connectivity index (χ4n) is 3.53. The van der Waals surface area contributed by atoms with Crippen molar-refractivity contribution in [3.8, 4) is 11.5 Å². The molecule has 0 aromatic heterocycles. The summed E-state index contributed by atoms with van der Waals surface area (Å²) < 4.78 is 16.3. The van der Waals surface area contributed by atoms with E-state index in [-0.39, 0.29) is 17.7 Å². The lowest BCUT2D eigenvalue weighted by Gasteiger charge is -2.28. The van der Waals surface area contributed by atoms with Crippen LogP contribution in [-0.4, -0.2) is 60.9 Å². The number of rotatable bonds is 11. The molecule has 3 rings (SSSR count). The highest BCUT2D eigenvalue weighted by molar-refractivity contribution is 5.95. The molecule has 1 aliphatic heterocycles. The molecular formula is C25H28N4O8. The van der Waals surface area contributed by atoms with E-state index in [2.05, 4.69) is 21.2 Å². The maximum atomic E-state index is 12.3. The van der Waals surface area contributed by atoms with Crippen molar-refractivity contribution in [3.05, 3.63) is 70.4 Å². The predicted octanol–water partition coefficient (Wildman–Crippen LogP) is 1.91. The van der Waals surface area contributed by atoms with Gasteiger partial charge in [-0.2, -0.15) is 5.10 Å². The third kappa shape index (κ3) is 6.98. The Morgan fingerprint density at radius 3 is 2.54 bits per heavy atom. The minimum atomic E-state index is -1.16. The first kappa shape index (κ1) is 27.0. The zero-order chi connectivity index (χ0) is 26.9. The van der Waals surface area contributed by atoms with Crippen LogP contribution in [0.2, 0.25) is 0 Å². The van der Waals surface area contributed by atoms with Gasteiger partial charge >= 0.3 is 18.0 Å². The number of aliphatic hydroxyl groups is 1. The Morgan fingerprint density at radius 1 is 1.16 bits per heavy atom. The number of carbonyl (C=O) groups excluding carboxylic acids is 2. The Kier molecular flexibility index (Phi) is 9.05. The minimum Gasteiger partial charge on any atom is -0.490 e. The van der Waals surface area contributed by atoms with Gasteiger partial charge in [-0.15, -0.1) is 0 Å². The molecule has 12 nitrogen and oxygen atoms in total. The largest absolute Gasteiger partial charge is 0.490 e. The van der Waals surface area contributed by atoms with E-state index in [4.69, 9.17) is 19.3 Å². The lowest BCUT2D eigenvalue weighted by atomic mass is 9.95. The number of ether oxygens (including phenoxy) is 3. The first-order chi connectivity index (χ1) is 17.7. The van der Waals surface area contributed by atoms with Gasteiger partial charge < -0.3 is 35.1 Å². The van der Waals surface area contributed by atoms with E-state index in [1.165, 1.54) is 25.5 Å². The van der Waals surface area contributed by atoms with Crippen LogP contribution in [0.1, 0.15) is 41.4 Å². The van der Waals surface area contributed by atoms with Gasteiger partial charge in [0.25, 0.3) is 0 Å². The average molecular weight is 513 g/mol. The molecule has 37 heavy (non-hydrogen) atoms. The smallest absolute Gasteiger partial charge is 0.337 e. The van der Waals surface area contributed by atoms with Gasteiger partial charge in [0.05, 0.1) is 37.1 Å². The second-order valence-corrected chi connectivity index (χ2v) is 7.84. The molecule has 196 valence electrons. The van der Waals surface area contributed by atoms with Crippen molar-refractivity contribution in [1.82, 2.24) is 16.1 Å². The molecule has 0 unspecified atom stereocenters. The van der Waals surface area contributed by atoms with Crippen LogP contribution < -0.4 is 25.5 Å². The number of benzene rings is 2. The molecule has 0 spiro atoms. The van der Waals surface area contributed by atoms with Crippen LogP contribution in [0.5, 0.6) is 11.5 Å².